The number of methoxy groups -OCH3 is 1. The number of rotatable bonds is 12. The van der Waals surface area contributed by atoms with Crippen LogP contribution in [0.3, 0.4) is 0 Å². The first kappa shape index (κ1) is 31.5. The summed E-state index contributed by atoms with van der Waals surface area (Å²) in [6.07, 6.45) is -1.86. The summed E-state index contributed by atoms with van der Waals surface area (Å²) in [6, 6.07) is 15.0. The minimum Gasteiger partial charge on any atom is -0.469 e. The molecule has 0 fully saturated rings. The lowest BCUT2D eigenvalue weighted by molar-refractivity contribution is -0.153. The standard InChI is InChI=1S/C31H37FN2O7/c1-31(2,3)41-26(38)18-33-30(39)29-28(19-8-6-5-7-9-19)27(20-10-12-21(32)13-11-20)24(34-29)15-14-22(35)16-23(36)17-25(37)40-4/h5-13,22-23,34-36H,14-18H2,1-4H3,(H,33,39)/t22-,23-/m1/s1. The van der Waals surface area contributed by atoms with Crippen LogP contribution in [0.5, 0.6) is 0 Å². The van der Waals surface area contributed by atoms with E-state index in [1.165, 1.54) is 19.2 Å². The Morgan fingerprint density at radius 1 is 0.927 bits per heavy atom. The molecule has 2 aromatic carbocycles. The van der Waals surface area contributed by atoms with Gasteiger partial charge in [-0.3, -0.25) is 14.4 Å². The Morgan fingerprint density at radius 2 is 1.56 bits per heavy atom. The third kappa shape index (κ3) is 9.26. The number of ether oxygens (including phenoxy) is 2. The first-order valence-corrected chi connectivity index (χ1v) is 13.4. The van der Waals surface area contributed by atoms with Crippen LogP contribution in [-0.4, -0.2) is 64.5 Å². The van der Waals surface area contributed by atoms with Crippen LogP contribution in [0.15, 0.2) is 54.6 Å². The van der Waals surface area contributed by atoms with Gasteiger partial charge in [-0.15, -0.1) is 0 Å². The van der Waals surface area contributed by atoms with E-state index < -0.39 is 41.5 Å². The van der Waals surface area contributed by atoms with Gasteiger partial charge in [0.2, 0.25) is 0 Å². The van der Waals surface area contributed by atoms with E-state index in [0.29, 0.717) is 27.9 Å². The average Bonchev–Trinajstić information content (AvgIpc) is 3.30. The summed E-state index contributed by atoms with van der Waals surface area (Å²) >= 11 is 0. The predicted molar refractivity (Wildman–Crippen MR) is 151 cm³/mol. The molecule has 0 aliphatic heterocycles. The minimum absolute atomic E-state index is 0.0452. The molecule has 0 aliphatic carbocycles. The van der Waals surface area contributed by atoms with E-state index in [4.69, 9.17) is 4.74 Å². The number of nitrogens with one attached hydrogen (secondary N) is 2. The third-order valence-corrected chi connectivity index (χ3v) is 6.22. The van der Waals surface area contributed by atoms with Crippen molar-refractivity contribution < 1.29 is 38.5 Å². The maximum Gasteiger partial charge on any atom is 0.325 e. The Morgan fingerprint density at radius 3 is 2.17 bits per heavy atom. The van der Waals surface area contributed by atoms with Gasteiger partial charge in [-0.25, -0.2) is 4.39 Å². The van der Waals surface area contributed by atoms with Crippen molar-refractivity contribution in [1.29, 1.82) is 0 Å². The number of H-pyrrole nitrogens is 1. The van der Waals surface area contributed by atoms with Crippen molar-refractivity contribution in [3.63, 3.8) is 0 Å². The molecular weight excluding hydrogens is 531 g/mol. The molecule has 4 N–H and O–H groups in total. The number of aromatic nitrogens is 1. The quantitative estimate of drug-likeness (QED) is 0.241. The largest absolute Gasteiger partial charge is 0.469 e. The number of benzene rings is 2. The van der Waals surface area contributed by atoms with Crippen LogP contribution in [0.25, 0.3) is 22.3 Å². The molecule has 3 rings (SSSR count). The molecule has 0 bridgehead atoms. The highest BCUT2D eigenvalue weighted by atomic mass is 19.1. The van der Waals surface area contributed by atoms with Gasteiger partial charge in [0.05, 0.1) is 25.7 Å². The van der Waals surface area contributed by atoms with Crippen LogP contribution in [-0.2, 0) is 25.5 Å². The lowest BCUT2D eigenvalue weighted by Crippen LogP contribution is -2.35. The molecular formula is C31H37FN2O7. The number of hydrogen-bond acceptors (Lipinski definition) is 7. The predicted octanol–water partition coefficient (Wildman–Crippen LogP) is 4.17. The fraction of sp³-hybridized carbons (Fsp3) is 0.387. The zero-order chi connectivity index (χ0) is 30.2. The van der Waals surface area contributed by atoms with Crippen LogP contribution in [0.4, 0.5) is 4.39 Å². The summed E-state index contributed by atoms with van der Waals surface area (Å²) in [7, 11) is 1.22. The van der Waals surface area contributed by atoms with Crippen molar-refractivity contribution in [3.8, 4) is 22.3 Å². The molecule has 0 radical (unpaired) electrons. The number of halogens is 1. The molecule has 9 nitrogen and oxygen atoms in total. The summed E-state index contributed by atoms with van der Waals surface area (Å²) in [4.78, 5) is 40.3. The van der Waals surface area contributed by atoms with E-state index in [1.807, 2.05) is 30.3 Å². The second kappa shape index (κ2) is 14.0. The topological polar surface area (TPSA) is 138 Å². The van der Waals surface area contributed by atoms with Gasteiger partial charge in [0, 0.05) is 16.8 Å². The maximum atomic E-state index is 13.8. The van der Waals surface area contributed by atoms with Crippen molar-refractivity contribution in [3.05, 3.63) is 71.8 Å². The maximum absolute atomic E-state index is 13.8. The van der Waals surface area contributed by atoms with E-state index in [-0.39, 0.29) is 37.9 Å². The number of hydrogen-bond donors (Lipinski definition) is 4. The summed E-state index contributed by atoms with van der Waals surface area (Å²) in [5, 5.41) is 23.3. The van der Waals surface area contributed by atoms with Crippen molar-refractivity contribution >= 4 is 17.8 Å². The first-order chi connectivity index (χ1) is 19.4. The van der Waals surface area contributed by atoms with E-state index >= 15 is 0 Å². The summed E-state index contributed by atoms with van der Waals surface area (Å²) in [5.41, 5.74) is 2.62. The number of esters is 2. The molecule has 0 spiro atoms. The number of aliphatic hydroxyl groups excluding tert-OH is 2. The first-order valence-electron chi connectivity index (χ1n) is 13.4. The minimum atomic E-state index is -1.08. The highest BCUT2D eigenvalue weighted by Crippen LogP contribution is 2.39. The number of aryl methyl sites for hydroxylation is 1. The number of amides is 1. The molecule has 0 saturated carbocycles. The summed E-state index contributed by atoms with van der Waals surface area (Å²) in [6.45, 7) is 4.85. The van der Waals surface area contributed by atoms with Crippen LogP contribution in [0, 0.1) is 5.82 Å². The lowest BCUT2D eigenvalue weighted by Gasteiger charge is -2.19. The van der Waals surface area contributed by atoms with Gasteiger partial charge in [-0.1, -0.05) is 42.5 Å². The Labute approximate surface area is 238 Å². The number of aromatic amines is 1. The molecule has 1 amide bonds. The SMILES string of the molecule is COC(=O)C[C@H](O)C[C@H](O)CCc1[nH]c(C(=O)NCC(=O)OC(C)(C)C)c(-c2ccccc2)c1-c1ccc(F)cc1. The van der Waals surface area contributed by atoms with Gasteiger partial charge < -0.3 is 30.0 Å². The van der Waals surface area contributed by atoms with E-state index in [9.17, 15) is 29.0 Å². The van der Waals surface area contributed by atoms with Crippen molar-refractivity contribution in [1.82, 2.24) is 10.3 Å². The van der Waals surface area contributed by atoms with E-state index in [1.54, 1.807) is 32.9 Å². The molecule has 0 unspecified atom stereocenters. The Balaban J connectivity index is 1.98. The Kier molecular flexibility index (Phi) is 10.8. The van der Waals surface area contributed by atoms with Gasteiger partial charge in [0.1, 0.15) is 23.7 Å². The Hall–Kier alpha value is -4.02. The summed E-state index contributed by atoms with van der Waals surface area (Å²) < 4.78 is 23.7. The van der Waals surface area contributed by atoms with Crippen LogP contribution >= 0.6 is 0 Å². The lowest BCUT2D eigenvalue weighted by atomic mass is 9.92. The van der Waals surface area contributed by atoms with Gasteiger partial charge in [0.15, 0.2) is 0 Å². The Bertz CT molecular complexity index is 1330. The molecule has 3 aromatic rings. The highest BCUT2D eigenvalue weighted by Gasteiger charge is 2.26. The molecule has 1 aromatic heterocycles. The van der Waals surface area contributed by atoms with Gasteiger partial charge in [-0.05, 0) is 63.3 Å². The molecule has 10 heteroatoms. The van der Waals surface area contributed by atoms with Crippen molar-refractivity contribution in [2.75, 3.05) is 13.7 Å². The van der Waals surface area contributed by atoms with Gasteiger partial charge in [-0.2, -0.15) is 0 Å². The molecule has 1 heterocycles. The van der Waals surface area contributed by atoms with Crippen molar-refractivity contribution in [2.45, 2.75) is 64.3 Å². The fourth-order valence-electron chi connectivity index (χ4n) is 4.46. The average molecular weight is 569 g/mol. The number of carbonyl (C=O) groups excluding carboxylic acids is 3. The van der Waals surface area contributed by atoms with Crippen molar-refractivity contribution in [2.24, 2.45) is 0 Å². The van der Waals surface area contributed by atoms with Crippen LogP contribution in [0.1, 0.15) is 56.2 Å². The van der Waals surface area contributed by atoms with E-state index in [2.05, 4.69) is 15.0 Å². The molecule has 2 atom stereocenters. The smallest absolute Gasteiger partial charge is 0.325 e. The number of carbonyl (C=O) groups is 3. The van der Waals surface area contributed by atoms with E-state index in [0.717, 1.165) is 0 Å². The van der Waals surface area contributed by atoms with Gasteiger partial charge in [0.25, 0.3) is 5.91 Å². The molecule has 220 valence electrons. The summed E-state index contributed by atoms with van der Waals surface area (Å²) in [5.74, 6) is -2.13. The van der Waals surface area contributed by atoms with Crippen LogP contribution < -0.4 is 5.32 Å². The number of aliphatic hydroxyl groups is 2. The highest BCUT2D eigenvalue weighted by molar-refractivity contribution is 6.05. The van der Waals surface area contributed by atoms with Gasteiger partial charge >= 0.3 is 11.9 Å². The second-order valence-corrected chi connectivity index (χ2v) is 10.7. The molecule has 0 saturated heterocycles. The van der Waals surface area contributed by atoms with Crippen LogP contribution in [0.2, 0.25) is 0 Å². The fourth-order valence-corrected chi connectivity index (χ4v) is 4.46. The second-order valence-electron chi connectivity index (χ2n) is 10.7. The molecule has 41 heavy (non-hydrogen) atoms. The zero-order valence-corrected chi connectivity index (χ0v) is 23.7. The monoisotopic (exact) mass is 568 g/mol. The normalized spacial score (nSPS) is 12.9. The third-order valence-electron chi connectivity index (χ3n) is 6.22. The zero-order valence-electron chi connectivity index (χ0n) is 23.7. The molecule has 0 aliphatic rings.